The number of hydrogen-bond donors (Lipinski definition) is 1. The van der Waals surface area contributed by atoms with Crippen molar-refractivity contribution in [3.63, 3.8) is 0 Å². The smallest absolute Gasteiger partial charge is 0.271 e. The number of alkyl halides is 3. The Balaban J connectivity index is 2.73. The highest BCUT2D eigenvalue weighted by molar-refractivity contribution is 5.30. The minimum absolute atomic E-state index is 0.502. The highest BCUT2D eigenvalue weighted by Gasteiger charge is 2.31. The van der Waals surface area contributed by atoms with Crippen molar-refractivity contribution >= 4 is 5.82 Å². The van der Waals surface area contributed by atoms with E-state index in [4.69, 9.17) is 0 Å². The van der Waals surface area contributed by atoms with Crippen LogP contribution >= 0.6 is 0 Å². The predicted molar refractivity (Wildman–Crippen MR) is 46.7 cm³/mol. The fourth-order valence-corrected chi connectivity index (χ4v) is 0.893. The number of H-pyrrole nitrogens is 1. The second-order valence-electron chi connectivity index (χ2n) is 2.66. The molecule has 1 aromatic heterocycles. The molecule has 2 nitrogen and oxygen atoms in total. The SMILES string of the molecule is C=CCNc1ccc(C(F)(F)F)c[nH+]1. The molecule has 0 radical (unpaired) electrons. The summed E-state index contributed by atoms with van der Waals surface area (Å²) in [6.07, 6.45) is -1.76. The van der Waals surface area contributed by atoms with E-state index in [1.807, 2.05) is 0 Å². The van der Waals surface area contributed by atoms with Gasteiger partial charge in [-0.25, -0.2) is 4.98 Å². The summed E-state index contributed by atoms with van der Waals surface area (Å²) in [5.74, 6) is 0.526. The Kier molecular flexibility index (Phi) is 3.11. The van der Waals surface area contributed by atoms with Crippen LogP contribution in [0.5, 0.6) is 0 Å². The van der Waals surface area contributed by atoms with Gasteiger partial charge in [0.2, 0.25) is 0 Å². The molecule has 0 saturated carbocycles. The van der Waals surface area contributed by atoms with Crippen molar-refractivity contribution in [3.05, 3.63) is 36.5 Å². The monoisotopic (exact) mass is 203 g/mol. The van der Waals surface area contributed by atoms with Gasteiger partial charge in [0.15, 0.2) is 0 Å². The van der Waals surface area contributed by atoms with Gasteiger partial charge in [0.1, 0.15) is 12.7 Å². The number of anilines is 1. The first-order chi connectivity index (χ1) is 6.54. The first kappa shape index (κ1) is 10.6. The van der Waals surface area contributed by atoms with Gasteiger partial charge in [-0.2, -0.15) is 13.2 Å². The van der Waals surface area contributed by atoms with Crippen molar-refractivity contribution in [2.45, 2.75) is 6.18 Å². The third kappa shape index (κ3) is 2.76. The van der Waals surface area contributed by atoms with E-state index < -0.39 is 11.7 Å². The number of rotatable bonds is 3. The van der Waals surface area contributed by atoms with E-state index in [2.05, 4.69) is 16.9 Å². The second kappa shape index (κ2) is 4.13. The summed E-state index contributed by atoms with van der Waals surface area (Å²) < 4.78 is 36.3. The van der Waals surface area contributed by atoms with Crippen molar-refractivity contribution in [2.75, 3.05) is 11.9 Å². The molecule has 0 fully saturated rings. The molecule has 0 aromatic carbocycles. The maximum atomic E-state index is 12.1. The second-order valence-corrected chi connectivity index (χ2v) is 2.66. The molecule has 0 unspecified atom stereocenters. The highest BCUT2D eigenvalue weighted by Crippen LogP contribution is 2.27. The van der Waals surface area contributed by atoms with Gasteiger partial charge in [-0.15, -0.1) is 0 Å². The van der Waals surface area contributed by atoms with Crippen LogP contribution in [0.1, 0.15) is 5.56 Å². The van der Waals surface area contributed by atoms with Crippen LogP contribution in [0.4, 0.5) is 19.0 Å². The normalized spacial score (nSPS) is 11.1. The number of aromatic amines is 1. The lowest BCUT2D eigenvalue weighted by Crippen LogP contribution is -2.16. The molecule has 0 atom stereocenters. The van der Waals surface area contributed by atoms with E-state index >= 15 is 0 Å². The predicted octanol–water partition coefficient (Wildman–Crippen LogP) is 2.12. The molecule has 0 aliphatic rings. The summed E-state index contributed by atoms with van der Waals surface area (Å²) in [6.45, 7) is 3.98. The molecule has 1 rings (SSSR count). The lowest BCUT2D eigenvalue weighted by atomic mass is 10.3. The summed E-state index contributed by atoms with van der Waals surface area (Å²) >= 11 is 0. The van der Waals surface area contributed by atoms with Crippen molar-refractivity contribution in [1.82, 2.24) is 0 Å². The van der Waals surface area contributed by atoms with Gasteiger partial charge < -0.3 is 0 Å². The zero-order chi connectivity index (χ0) is 10.6. The van der Waals surface area contributed by atoms with Gasteiger partial charge in [-0.3, -0.25) is 5.32 Å². The van der Waals surface area contributed by atoms with Crippen LogP contribution in [0.3, 0.4) is 0 Å². The Morgan fingerprint density at radius 2 is 2.14 bits per heavy atom. The van der Waals surface area contributed by atoms with Crippen molar-refractivity contribution in [3.8, 4) is 0 Å². The van der Waals surface area contributed by atoms with Gasteiger partial charge >= 0.3 is 6.18 Å². The van der Waals surface area contributed by atoms with Gasteiger partial charge in [0.05, 0.1) is 5.56 Å². The molecule has 76 valence electrons. The molecule has 0 bridgehead atoms. The number of pyridine rings is 1. The Bertz CT molecular complexity index is 303. The molecule has 0 spiro atoms. The molecule has 0 aliphatic heterocycles. The van der Waals surface area contributed by atoms with E-state index in [9.17, 15) is 13.2 Å². The van der Waals surface area contributed by atoms with E-state index in [0.29, 0.717) is 12.4 Å². The fraction of sp³-hybridized carbons (Fsp3) is 0.222. The number of hydrogen-bond acceptors (Lipinski definition) is 1. The van der Waals surface area contributed by atoms with Crippen molar-refractivity contribution in [2.24, 2.45) is 0 Å². The van der Waals surface area contributed by atoms with E-state index in [1.54, 1.807) is 6.08 Å². The zero-order valence-electron chi connectivity index (χ0n) is 7.36. The minimum Gasteiger partial charge on any atom is -0.271 e. The average Bonchev–Trinajstić information content (AvgIpc) is 2.14. The molecule has 5 heteroatoms. The topological polar surface area (TPSA) is 26.2 Å². The molecule has 14 heavy (non-hydrogen) atoms. The first-order valence-corrected chi connectivity index (χ1v) is 3.98. The van der Waals surface area contributed by atoms with Gasteiger partial charge in [0.25, 0.3) is 5.82 Å². The minimum atomic E-state index is -4.30. The third-order valence-corrected chi connectivity index (χ3v) is 1.58. The molecule has 2 N–H and O–H groups in total. The fourth-order valence-electron chi connectivity index (χ4n) is 0.893. The van der Waals surface area contributed by atoms with Crippen LogP contribution in [0, 0.1) is 0 Å². The van der Waals surface area contributed by atoms with E-state index in [0.717, 1.165) is 12.3 Å². The average molecular weight is 203 g/mol. The standard InChI is InChI=1S/C9H9F3N2/c1-2-5-13-8-4-3-7(6-14-8)9(10,11)12/h2-4,6H,1,5H2,(H,13,14)/p+1. The summed E-state index contributed by atoms with van der Waals surface area (Å²) in [4.78, 5) is 2.50. The first-order valence-electron chi connectivity index (χ1n) is 3.98. The summed E-state index contributed by atoms with van der Waals surface area (Å²) in [5, 5.41) is 2.83. The summed E-state index contributed by atoms with van der Waals surface area (Å²) in [5.41, 5.74) is -0.693. The lowest BCUT2D eigenvalue weighted by Gasteiger charge is -2.04. The quantitative estimate of drug-likeness (QED) is 0.748. The molecule has 1 aromatic rings. The summed E-state index contributed by atoms with van der Waals surface area (Å²) in [6, 6.07) is 2.36. The Morgan fingerprint density at radius 1 is 1.43 bits per heavy atom. The van der Waals surface area contributed by atoms with E-state index in [1.165, 1.54) is 6.07 Å². The largest absolute Gasteiger partial charge is 0.419 e. The zero-order valence-corrected chi connectivity index (χ0v) is 7.36. The number of halogens is 3. The number of nitrogens with one attached hydrogen (secondary N) is 2. The molecular weight excluding hydrogens is 193 g/mol. The molecular formula is C9H10F3N2+. The van der Waals surface area contributed by atoms with E-state index in [-0.39, 0.29) is 0 Å². The van der Waals surface area contributed by atoms with Gasteiger partial charge in [0, 0.05) is 6.07 Å². The molecule has 0 amide bonds. The highest BCUT2D eigenvalue weighted by atomic mass is 19.4. The van der Waals surface area contributed by atoms with Crippen LogP contribution in [0.15, 0.2) is 31.0 Å². The number of aromatic nitrogens is 1. The van der Waals surface area contributed by atoms with Crippen LogP contribution in [0.2, 0.25) is 0 Å². The third-order valence-electron chi connectivity index (χ3n) is 1.58. The summed E-state index contributed by atoms with van der Waals surface area (Å²) in [7, 11) is 0. The van der Waals surface area contributed by atoms with Crippen LogP contribution in [-0.4, -0.2) is 6.54 Å². The van der Waals surface area contributed by atoms with Crippen LogP contribution in [-0.2, 0) is 6.18 Å². The van der Waals surface area contributed by atoms with Crippen LogP contribution < -0.4 is 10.3 Å². The lowest BCUT2D eigenvalue weighted by molar-refractivity contribution is -0.364. The molecule has 0 saturated heterocycles. The van der Waals surface area contributed by atoms with Crippen molar-refractivity contribution in [1.29, 1.82) is 0 Å². The van der Waals surface area contributed by atoms with Crippen LogP contribution in [0.25, 0.3) is 0 Å². The maximum Gasteiger partial charge on any atom is 0.419 e. The van der Waals surface area contributed by atoms with Gasteiger partial charge in [-0.05, 0) is 6.07 Å². The Hall–Kier alpha value is -1.52. The Morgan fingerprint density at radius 3 is 2.57 bits per heavy atom. The molecule has 0 aliphatic carbocycles. The van der Waals surface area contributed by atoms with Crippen molar-refractivity contribution < 1.29 is 18.2 Å². The van der Waals surface area contributed by atoms with Gasteiger partial charge in [-0.1, -0.05) is 12.7 Å². The Labute approximate surface area is 79.5 Å². The molecule has 1 heterocycles. The maximum absolute atomic E-state index is 12.1.